The Hall–Kier alpha value is -3.47. The molecule has 2 N–H and O–H groups in total. The molecule has 4 aromatic heterocycles. The predicted molar refractivity (Wildman–Crippen MR) is 99.1 cm³/mol. The third kappa shape index (κ3) is 2.21. The van der Waals surface area contributed by atoms with Crippen molar-refractivity contribution < 1.29 is 0 Å². The first-order chi connectivity index (χ1) is 12.3. The summed E-state index contributed by atoms with van der Waals surface area (Å²) in [7, 11) is 0. The number of rotatable bonds is 2. The standard InChI is InChI=1S/C20H15N5/c1-12-8-9-21-11-14(12)16-6-7-17-19(23-16)20(25-24-17)18-10-13-4-2-3-5-15(13)22-18/h2-11,22H,1H3,(H,24,25). The number of aromatic nitrogens is 5. The van der Waals surface area contributed by atoms with E-state index in [1.807, 2.05) is 36.5 Å². The van der Waals surface area contributed by atoms with Gasteiger partial charge in [0.15, 0.2) is 0 Å². The normalized spacial score (nSPS) is 11.4. The Balaban J connectivity index is 1.71. The molecule has 0 aliphatic heterocycles. The smallest absolute Gasteiger partial charge is 0.135 e. The molecule has 0 atom stereocenters. The van der Waals surface area contributed by atoms with Crippen LogP contribution in [-0.4, -0.2) is 25.1 Å². The number of benzene rings is 1. The molecule has 0 spiro atoms. The van der Waals surface area contributed by atoms with E-state index >= 15 is 0 Å². The number of aromatic amines is 2. The molecule has 0 unspecified atom stereocenters. The summed E-state index contributed by atoms with van der Waals surface area (Å²) in [5.41, 5.74) is 7.73. The van der Waals surface area contributed by atoms with E-state index in [9.17, 15) is 0 Å². The van der Waals surface area contributed by atoms with Crippen molar-refractivity contribution in [3.63, 3.8) is 0 Å². The molecule has 0 saturated heterocycles. The molecule has 5 nitrogen and oxygen atoms in total. The van der Waals surface area contributed by atoms with E-state index in [1.54, 1.807) is 6.20 Å². The lowest BCUT2D eigenvalue weighted by molar-refractivity contribution is 1.12. The summed E-state index contributed by atoms with van der Waals surface area (Å²) in [5, 5.41) is 8.72. The second kappa shape index (κ2) is 5.27. The Morgan fingerprint density at radius 3 is 2.76 bits per heavy atom. The monoisotopic (exact) mass is 325 g/mol. The van der Waals surface area contributed by atoms with Crippen molar-refractivity contribution in [2.75, 3.05) is 0 Å². The number of para-hydroxylation sites is 1. The fraction of sp³-hybridized carbons (Fsp3) is 0.0500. The number of nitrogens with zero attached hydrogens (tertiary/aromatic N) is 3. The molecule has 0 fully saturated rings. The molecule has 0 aliphatic carbocycles. The maximum absolute atomic E-state index is 4.86. The van der Waals surface area contributed by atoms with Crippen LogP contribution in [0.25, 0.3) is 44.6 Å². The van der Waals surface area contributed by atoms with Gasteiger partial charge in [-0.05, 0) is 42.8 Å². The fourth-order valence-corrected chi connectivity index (χ4v) is 3.17. The van der Waals surface area contributed by atoms with Gasteiger partial charge in [-0.3, -0.25) is 10.1 Å². The molecule has 5 rings (SSSR count). The van der Waals surface area contributed by atoms with Crippen molar-refractivity contribution in [3.05, 3.63) is 66.5 Å². The van der Waals surface area contributed by atoms with Gasteiger partial charge >= 0.3 is 0 Å². The topological polar surface area (TPSA) is 70.2 Å². The second-order valence-electron chi connectivity index (χ2n) is 6.13. The molecule has 5 heteroatoms. The highest BCUT2D eigenvalue weighted by Crippen LogP contribution is 2.29. The van der Waals surface area contributed by atoms with Crippen molar-refractivity contribution in [1.29, 1.82) is 0 Å². The summed E-state index contributed by atoms with van der Waals surface area (Å²) in [5.74, 6) is 0. The minimum absolute atomic E-state index is 0.828. The first-order valence-electron chi connectivity index (χ1n) is 8.14. The molecule has 0 bridgehead atoms. The van der Waals surface area contributed by atoms with Gasteiger partial charge in [0, 0.05) is 28.9 Å². The van der Waals surface area contributed by atoms with Crippen LogP contribution in [0.3, 0.4) is 0 Å². The Labute approximate surface area is 143 Å². The van der Waals surface area contributed by atoms with Gasteiger partial charge in [0.25, 0.3) is 0 Å². The van der Waals surface area contributed by atoms with E-state index in [1.165, 1.54) is 0 Å². The van der Waals surface area contributed by atoms with Crippen LogP contribution < -0.4 is 0 Å². The maximum Gasteiger partial charge on any atom is 0.135 e. The first kappa shape index (κ1) is 13.9. The number of nitrogens with one attached hydrogen (secondary N) is 2. The van der Waals surface area contributed by atoms with Gasteiger partial charge in [-0.1, -0.05) is 18.2 Å². The molecule has 0 saturated carbocycles. The van der Waals surface area contributed by atoms with Gasteiger partial charge in [0.05, 0.1) is 16.9 Å². The molecule has 0 amide bonds. The highest BCUT2D eigenvalue weighted by Gasteiger charge is 2.14. The molecule has 5 aromatic rings. The van der Waals surface area contributed by atoms with Gasteiger partial charge in [0.1, 0.15) is 11.2 Å². The number of H-pyrrole nitrogens is 2. The quantitative estimate of drug-likeness (QED) is 0.503. The summed E-state index contributed by atoms with van der Waals surface area (Å²) in [4.78, 5) is 12.5. The van der Waals surface area contributed by atoms with Crippen molar-refractivity contribution in [3.8, 4) is 22.6 Å². The molecule has 25 heavy (non-hydrogen) atoms. The summed E-state index contributed by atoms with van der Waals surface area (Å²) in [6.45, 7) is 2.07. The Morgan fingerprint density at radius 2 is 1.88 bits per heavy atom. The highest BCUT2D eigenvalue weighted by molar-refractivity contribution is 5.94. The molecule has 4 heterocycles. The van der Waals surface area contributed by atoms with Crippen molar-refractivity contribution >= 4 is 21.9 Å². The average Bonchev–Trinajstić information content (AvgIpc) is 3.25. The lowest BCUT2D eigenvalue weighted by Crippen LogP contribution is -1.89. The van der Waals surface area contributed by atoms with Crippen LogP contribution in [0.5, 0.6) is 0 Å². The molecular weight excluding hydrogens is 310 g/mol. The van der Waals surface area contributed by atoms with Crippen LogP contribution in [-0.2, 0) is 0 Å². The summed E-state index contributed by atoms with van der Waals surface area (Å²) < 4.78 is 0. The number of hydrogen-bond donors (Lipinski definition) is 2. The molecular formula is C20H15N5. The largest absolute Gasteiger partial charge is 0.353 e. The lowest BCUT2D eigenvalue weighted by Gasteiger charge is -2.04. The van der Waals surface area contributed by atoms with Crippen LogP contribution in [0.2, 0.25) is 0 Å². The van der Waals surface area contributed by atoms with Crippen molar-refractivity contribution in [1.82, 2.24) is 25.1 Å². The van der Waals surface area contributed by atoms with Gasteiger partial charge in [-0.2, -0.15) is 5.10 Å². The van der Waals surface area contributed by atoms with Crippen LogP contribution in [0.1, 0.15) is 5.56 Å². The molecule has 120 valence electrons. The highest BCUT2D eigenvalue weighted by atomic mass is 15.1. The predicted octanol–water partition coefficient (Wildman–Crippen LogP) is 4.48. The van der Waals surface area contributed by atoms with E-state index < -0.39 is 0 Å². The zero-order valence-corrected chi connectivity index (χ0v) is 13.6. The van der Waals surface area contributed by atoms with E-state index in [4.69, 9.17) is 4.98 Å². The van der Waals surface area contributed by atoms with Gasteiger partial charge in [0.2, 0.25) is 0 Å². The maximum atomic E-state index is 4.86. The van der Waals surface area contributed by atoms with Crippen LogP contribution in [0, 0.1) is 6.92 Å². The second-order valence-corrected chi connectivity index (χ2v) is 6.13. The number of fused-ring (bicyclic) bond motifs is 2. The zero-order chi connectivity index (χ0) is 16.8. The number of pyridine rings is 2. The van der Waals surface area contributed by atoms with E-state index in [0.29, 0.717) is 0 Å². The third-order valence-electron chi connectivity index (χ3n) is 4.51. The minimum Gasteiger partial charge on any atom is -0.353 e. The molecule has 0 radical (unpaired) electrons. The summed E-state index contributed by atoms with van der Waals surface area (Å²) in [6.07, 6.45) is 3.65. The van der Waals surface area contributed by atoms with Crippen molar-refractivity contribution in [2.45, 2.75) is 6.92 Å². The molecule has 0 aliphatic rings. The van der Waals surface area contributed by atoms with Crippen LogP contribution in [0.15, 0.2) is 60.9 Å². The van der Waals surface area contributed by atoms with Crippen LogP contribution in [0.4, 0.5) is 0 Å². The Morgan fingerprint density at radius 1 is 0.960 bits per heavy atom. The zero-order valence-electron chi connectivity index (χ0n) is 13.6. The molecule has 1 aromatic carbocycles. The average molecular weight is 325 g/mol. The lowest BCUT2D eigenvalue weighted by atomic mass is 10.1. The van der Waals surface area contributed by atoms with Gasteiger partial charge in [-0.25, -0.2) is 4.98 Å². The van der Waals surface area contributed by atoms with E-state index in [-0.39, 0.29) is 0 Å². The Bertz CT molecular complexity index is 1180. The summed E-state index contributed by atoms with van der Waals surface area (Å²) >= 11 is 0. The number of hydrogen-bond acceptors (Lipinski definition) is 3. The van der Waals surface area contributed by atoms with E-state index in [0.717, 1.165) is 50.1 Å². The van der Waals surface area contributed by atoms with Crippen molar-refractivity contribution in [2.24, 2.45) is 0 Å². The van der Waals surface area contributed by atoms with Crippen LogP contribution >= 0.6 is 0 Å². The minimum atomic E-state index is 0.828. The van der Waals surface area contributed by atoms with Gasteiger partial charge in [-0.15, -0.1) is 0 Å². The SMILES string of the molecule is Cc1ccncc1-c1ccc2[nH]nc(-c3cc4ccccc4[nH]3)c2n1. The van der Waals surface area contributed by atoms with E-state index in [2.05, 4.69) is 45.3 Å². The fourth-order valence-electron chi connectivity index (χ4n) is 3.17. The third-order valence-corrected chi connectivity index (χ3v) is 4.51. The van der Waals surface area contributed by atoms with Gasteiger partial charge < -0.3 is 4.98 Å². The summed E-state index contributed by atoms with van der Waals surface area (Å²) in [6, 6.07) is 16.3. The number of aryl methyl sites for hydroxylation is 1. The Kier molecular flexibility index (Phi) is 2.94. The first-order valence-corrected chi connectivity index (χ1v) is 8.14.